The third-order valence-corrected chi connectivity index (χ3v) is 5.83. The van der Waals surface area contributed by atoms with Crippen molar-refractivity contribution in [2.75, 3.05) is 32.5 Å². The third kappa shape index (κ3) is 5.01. The van der Waals surface area contributed by atoms with Crippen LogP contribution < -0.4 is 16.2 Å². The normalized spacial score (nSPS) is 15.1. The predicted octanol–water partition coefficient (Wildman–Crippen LogP) is 2.87. The van der Waals surface area contributed by atoms with Crippen LogP contribution in [0, 0.1) is 0 Å². The van der Waals surface area contributed by atoms with Gasteiger partial charge in [-0.25, -0.2) is 9.78 Å². The average Bonchev–Trinajstić information content (AvgIpc) is 3.11. The fourth-order valence-electron chi connectivity index (χ4n) is 4.20. The van der Waals surface area contributed by atoms with Crippen molar-refractivity contribution >= 4 is 22.8 Å². The Balaban J connectivity index is 1.47. The summed E-state index contributed by atoms with van der Waals surface area (Å²) in [6.45, 7) is 1.26. The molecule has 3 N–H and O–H groups in total. The van der Waals surface area contributed by atoms with Gasteiger partial charge >= 0.3 is 12.1 Å². The van der Waals surface area contributed by atoms with Crippen LogP contribution in [-0.4, -0.2) is 58.5 Å². The van der Waals surface area contributed by atoms with Crippen molar-refractivity contribution in [1.29, 1.82) is 0 Å². The number of benzene rings is 1. The van der Waals surface area contributed by atoms with Crippen LogP contribution in [-0.2, 0) is 11.2 Å². The monoisotopic (exact) mass is 479 g/mol. The summed E-state index contributed by atoms with van der Waals surface area (Å²) in [5.41, 5.74) is 7.71. The van der Waals surface area contributed by atoms with Crippen LogP contribution in [0.5, 0.6) is 5.75 Å². The van der Waals surface area contributed by atoms with Gasteiger partial charge in [0.2, 0.25) is 0 Å². The van der Waals surface area contributed by atoms with Crippen LogP contribution in [0.3, 0.4) is 0 Å². The lowest BCUT2D eigenvalue weighted by Crippen LogP contribution is -2.40. The zero-order valence-corrected chi connectivity index (χ0v) is 18.4. The molecule has 0 unspecified atom stereocenters. The molecule has 4 rings (SSSR count). The molecule has 1 aliphatic rings. The number of carbonyl (C=O) groups excluding carboxylic acids is 1. The number of amides is 1. The van der Waals surface area contributed by atoms with E-state index in [1.807, 2.05) is 6.07 Å². The first-order valence-corrected chi connectivity index (χ1v) is 10.7. The van der Waals surface area contributed by atoms with E-state index in [2.05, 4.69) is 14.7 Å². The van der Waals surface area contributed by atoms with E-state index in [0.29, 0.717) is 50.1 Å². The van der Waals surface area contributed by atoms with Crippen LogP contribution >= 0.6 is 0 Å². The number of alkyl halides is 3. The molecule has 1 aromatic carbocycles. The maximum Gasteiger partial charge on any atom is 0.573 e. The van der Waals surface area contributed by atoms with Crippen molar-refractivity contribution in [3.8, 4) is 5.75 Å². The quantitative estimate of drug-likeness (QED) is 0.526. The largest absolute Gasteiger partial charge is 0.573 e. The molecule has 0 spiro atoms. The van der Waals surface area contributed by atoms with Crippen molar-refractivity contribution in [1.82, 2.24) is 19.4 Å². The fraction of sp³-hybridized carbons (Fsp3) is 0.409. The summed E-state index contributed by atoms with van der Waals surface area (Å²) in [6.07, 6.45) is -1.43. The van der Waals surface area contributed by atoms with Gasteiger partial charge < -0.3 is 20.1 Å². The predicted molar refractivity (Wildman–Crippen MR) is 118 cm³/mol. The van der Waals surface area contributed by atoms with Gasteiger partial charge in [0.15, 0.2) is 5.65 Å². The van der Waals surface area contributed by atoms with Gasteiger partial charge in [0.25, 0.3) is 5.91 Å². The zero-order chi connectivity index (χ0) is 24.5. The van der Waals surface area contributed by atoms with E-state index in [1.54, 1.807) is 22.8 Å². The Morgan fingerprint density at radius 1 is 1.26 bits per heavy atom. The average molecular weight is 479 g/mol. The maximum absolute atomic E-state index is 12.9. The number of fused-ring (bicyclic) bond motifs is 1. The number of aromatic nitrogens is 3. The van der Waals surface area contributed by atoms with E-state index in [-0.39, 0.29) is 28.9 Å². The highest BCUT2D eigenvalue weighted by Crippen LogP contribution is 2.29. The molecule has 34 heavy (non-hydrogen) atoms. The molecule has 3 aromatic rings. The molecule has 0 bridgehead atoms. The number of nitrogens with zero attached hydrogens (tertiary/aromatic N) is 3. The molecular weight excluding hydrogens is 455 g/mol. The number of carbonyl (C=O) groups is 1. The SMILES string of the molecule is COCCc1cnc2[nH]c(=O)n(C3CCN(C(=O)c4ccc(OC(F)(F)F)cc4N)CC3)c2c1. The number of likely N-dealkylation sites (tertiary alicyclic amines) is 1. The van der Waals surface area contributed by atoms with Gasteiger partial charge in [0.1, 0.15) is 5.75 Å². The number of imidazole rings is 1. The number of halogens is 3. The molecule has 0 aliphatic carbocycles. The second-order valence-electron chi connectivity index (χ2n) is 8.07. The summed E-state index contributed by atoms with van der Waals surface area (Å²) >= 11 is 0. The highest BCUT2D eigenvalue weighted by atomic mass is 19.4. The maximum atomic E-state index is 12.9. The molecule has 1 aliphatic heterocycles. The topological polar surface area (TPSA) is 115 Å². The first kappa shape index (κ1) is 23.6. The fourth-order valence-corrected chi connectivity index (χ4v) is 4.20. The van der Waals surface area contributed by atoms with Crippen molar-refractivity contribution in [3.63, 3.8) is 0 Å². The molecule has 0 atom stereocenters. The second-order valence-corrected chi connectivity index (χ2v) is 8.07. The van der Waals surface area contributed by atoms with Crippen molar-refractivity contribution in [3.05, 3.63) is 52.1 Å². The van der Waals surface area contributed by atoms with Crippen LogP contribution in [0.25, 0.3) is 11.2 Å². The van der Waals surface area contributed by atoms with E-state index >= 15 is 0 Å². The molecule has 12 heteroatoms. The minimum atomic E-state index is -4.85. The molecule has 1 amide bonds. The summed E-state index contributed by atoms with van der Waals surface area (Å²) in [7, 11) is 1.62. The highest BCUT2D eigenvalue weighted by Gasteiger charge is 2.32. The number of methoxy groups -OCH3 is 1. The summed E-state index contributed by atoms with van der Waals surface area (Å²) in [5.74, 6) is -0.873. The number of nitrogen functional groups attached to an aromatic ring is 1. The Bertz CT molecular complexity index is 1250. The van der Waals surface area contributed by atoms with Gasteiger partial charge in [-0.15, -0.1) is 13.2 Å². The van der Waals surface area contributed by atoms with Crippen LogP contribution in [0.2, 0.25) is 0 Å². The number of rotatable bonds is 6. The lowest BCUT2D eigenvalue weighted by molar-refractivity contribution is -0.274. The first-order valence-electron chi connectivity index (χ1n) is 10.7. The van der Waals surface area contributed by atoms with E-state index in [4.69, 9.17) is 10.5 Å². The number of pyridine rings is 1. The van der Waals surface area contributed by atoms with Gasteiger partial charge in [-0.3, -0.25) is 14.3 Å². The summed E-state index contributed by atoms with van der Waals surface area (Å²) in [6, 6.07) is 5.05. The number of aromatic amines is 1. The van der Waals surface area contributed by atoms with Crippen LogP contribution in [0.1, 0.15) is 34.8 Å². The Morgan fingerprint density at radius 3 is 2.65 bits per heavy atom. The first-order chi connectivity index (χ1) is 16.2. The molecule has 3 heterocycles. The molecule has 2 aromatic heterocycles. The lowest BCUT2D eigenvalue weighted by Gasteiger charge is -2.32. The Kier molecular flexibility index (Phi) is 6.51. The number of ether oxygens (including phenoxy) is 2. The van der Waals surface area contributed by atoms with E-state index in [1.165, 1.54) is 6.07 Å². The van der Waals surface area contributed by atoms with Crippen molar-refractivity contribution < 1.29 is 27.4 Å². The van der Waals surface area contributed by atoms with Crippen LogP contribution in [0.15, 0.2) is 35.3 Å². The molecule has 182 valence electrons. The van der Waals surface area contributed by atoms with Crippen molar-refractivity contribution in [2.45, 2.75) is 31.7 Å². The molecule has 1 saturated heterocycles. The van der Waals surface area contributed by atoms with E-state index in [9.17, 15) is 22.8 Å². The summed E-state index contributed by atoms with van der Waals surface area (Å²) in [5, 5.41) is 0. The Hall–Kier alpha value is -3.54. The van der Waals surface area contributed by atoms with E-state index in [0.717, 1.165) is 17.7 Å². The Labute approximate surface area is 192 Å². The third-order valence-electron chi connectivity index (χ3n) is 5.83. The number of nitrogens with one attached hydrogen (secondary N) is 1. The molecular formula is C22H24F3N5O4. The molecule has 9 nitrogen and oxygen atoms in total. The van der Waals surface area contributed by atoms with Gasteiger partial charge in [-0.05, 0) is 43.0 Å². The number of piperidine rings is 1. The number of hydrogen-bond donors (Lipinski definition) is 2. The van der Waals surface area contributed by atoms with Crippen LogP contribution in [0.4, 0.5) is 18.9 Å². The van der Waals surface area contributed by atoms with Gasteiger partial charge in [-0.1, -0.05) is 0 Å². The number of anilines is 1. The summed E-state index contributed by atoms with van der Waals surface area (Å²) in [4.78, 5) is 34.2. The number of hydrogen-bond acceptors (Lipinski definition) is 6. The standard InChI is InChI=1S/C22H24F3N5O4/c1-33-9-6-13-10-18-19(27-12-13)28-21(32)30(18)14-4-7-29(8-5-14)20(31)16-3-2-15(11-17(16)26)34-22(23,24)25/h2-3,10-12,14H,4-9,26H2,1H3,(H,27,28,32). The number of nitrogens with two attached hydrogens (primary N) is 1. The van der Waals surface area contributed by atoms with Gasteiger partial charge in [0, 0.05) is 44.2 Å². The minimum absolute atomic E-state index is 0.101. The van der Waals surface area contributed by atoms with Crippen molar-refractivity contribution in [2.24, 2.45) is 0 Å². The Morgan fingerprint density at radius 2 is 2.00 bits per heavy atom. The minimum Gasteiger partial charge on any atom is -0.406 e. The molecule has 0 radical (unpaired) electrons. The molecule has 1 fully saturated rings. The zero-order valence-electron chi connectivity index (χ0n) is 18.4. The summed E-state index contributed by atoms with van der Waals surface area (Å²) < 4.78 is 47.8. The smallest absolute Gasteiger partial charge is 0.406 e. The second kappa shape index (κ2) is 9.37. The van der Waals surface area contributed by atoms with Gasteiger partial charge in [0.05, 0.1) is 17.7 Å². The lowest BCUT2D eigenvalue weighted by atomic mass is 10.0. The highest BCUT2D eigenvalue weighted by molar-refractivity contribution is 5.99. The van der Waals surface area contributed by atoms with Gasteiger partial charge in [-0.2, -0.15) is 0 Å². The number of H-pyrrole nitrogens is 1. The molecule has 0 saturated carbocycles. The van der Waals surface area contributed by atoms with E-state index < -0.39 is 12.1 Å².